The first kappa shape index (κ1) is 11.8. The topological polar surface area (TPSA) is 83.0 Å². The smallest absolute Gasteiger partial charge is 0.264 e. The van der Waals surface area contributed by atoms with Gasteiger partial charge in [0.05, 0.1) is 31.1 Å². The van der Waals surface area contributed by atoms with E-state index in [4.69, 9.17) is 9.26 Å². The third-order valence-corrected chi connectivity index (χ3v) is 3.55. The molecule has 3 rings (SSSR count). The molecule has 0 amide bonds. The molecule has 0 saturated carbocycles. The molecule has 98 valence electrons. The van der Waals surface area contributed by atoms with Crippen LogP contribution in [0.3, 0.4) is 0 Å². The van der Waals surface area contributed by atoms with Crippen LogP contribution in [0.25, 0.3) is 10.2 Å². The third-order valence-electron chi connectivity index (χ3n) is 2.71. The lowest BCUT2D eigenvalue weighted by molar-refractivity contribution is 0.323. The minimum atomic E-state index is -0.133. The highest BCUT2D eigenvalue weighted by Crippen LogP contribution is 2.16. The lowest BCUT2D eigenvalue weighted by Gasteiger charge is -2.01. The monoisotopic (exact) mass is 278 g/mol. The van der Waals surface area contributed by atoms with Crippen LogP contribution in [0.4, 0.5) is 0 Å². The van der Waals surface area contributed by atoms with Gasteiger partial charge < -0.3 is 9.26 Å². The molecule has 7 nitrogen and oxygen atoms in total. The second-order valence-electron chi connectivity index (χ2n) is 3.96. The van der Waals surface area contributed by atoms with Crippen LogP contribution in [-0.2, 0) is 6.54 Å². The van der Waals surface area contributed by atoms with E-state index in [1.165, 1.54) is 29.5 Å². The minimum absolute atomic E-state index is 0.133. The number of ether oxygens (including phenoxy) is 1. The molecule has 8 heteroatoms. The third kappa shape index (κ3) is 1.99. The molecule has 0 aromatic carbocycles. The standard InChI is InChI=1S/C11H10N4O3S/c1-6-9-10(19-14-6)12-5-15(11(9)16)4-7-3-8(17-2)13-18-7/h3,5H,4H2,1-2H3. The number of hydrogen-bond acceptors (Lipinski definition) is 7. The van der Waals surface area contributed by atoms with Crippen LogP contribution in [-0.4, -0.2) is 26.2 Å². The van der Waals surface area contributed by atoms with Gasteiger partial charge in [0.15, 0.2) is 10.6 Å². The molecule has 3 aromatic rings. The first-order chi connectivity index (χ1) is 9.19. The average molecular weight is 278 g/mol. The van der Waals surface area contributed by atoms with Crippen molar-refractivity contribution in [3.63, 3.8) is 0 Å². The van der Waals surface area contributed by atoms with E-state index < -0.39 is 0 Å². The van der Waals surface area contributed by atoms with Gasteiger partial charge in [0.1, 0.15) is 0 Å². The van der Waals surface area contributed by atoms with E-state index in [1.807, 2.05) is 0 Å². The van der Waals surface area contributed by atoms with Crippen LogP contribution in [0.5, 0.6) is 5.88 Å². The Morgan fingerprint density at radius 3 is 3.11 bits per heavy atom. The molecule has 19 heavy (non-hydrogen) atoms. The summed E-state index contributed by atoms with van der Waals surface area (Å²) in [5, 5.41) is 4.24. The van der Waals surface area contributed by atoms with Gasteiger partial charge in [-0.3, -0.25) is 9.36 Å². The molecule has 0 saturated heterocycles. The number of hydrogen-bond donors (Lipinski definition) is 0. The highest BCUT2D eigenvalue weighted by atomic mass is 32.1. The van der Waals surface area contributed by atoms with Gasteiger partial charge in [-0.2, -0.15) is 4.37 Å². The second-order valence-corrected chi connectivity index (χ2v) is 4.71. The molecule has 0 unspecified atom stereocenters. The zero-order valence-electron chi connectivity index (χ0n) is 10.3. The van der Waals surface area contributed by atoms with Crippen molar-refractivity contribution in [2.24, 2.45) is 0 Å². The van der Waals surface area contributed by atoms with Crippen molar-refractivity contribution >= 4 is 21.7 Å². The van der Waals surface area contributed by atoms with Gasteiger partial charge in [-0.15, -0.1) is 0 Å². The van der Waals surface area contributed by atoms with Crippen molar-refractivity contribution in [1.29, 1.82) is 0 Å². The number of aromatic nitrogens is 4. The number of methoxy groups -OCH3 is 1. The van der Waals surface area contributed by atoms with Crippen LogP contribution < -0.4 is 10.3 Å². The fourth-order valence-electron chi connectivity index (χ4n) is 1.76. The van der Waals surface area contributed by atoms with Crippen LogP contribution in [0.1, 0.15) is 11.5 Å². The Balaban J connectivity index is 2.03. The fourth-order valence-corrected chi connectivity index (χ4v) is 2.49. The van der Waals surface area contributed by atoms with E-state index in [0.29, 0.717) is 27.6 Å². The van der Waals surface area contributed by atoms with E-state index >= 15 is 0 Å². The molecule has 3 aromatic heterocycles. The van der Waals surface area contributed by atoms with Gasteiger partial charge in [-0.05, 0) is 23.6 Å². The van der Waals surface area contributed by atoms with Gasteiger partial charge in [0, 0.05) is 6.07 Å². The van der Waals surface area contributed by atoms with E-state index in [9.17, 15) is 4.79 Å². The SMILES string of the molecule is COc1cc(Cn2cnc3snc(C)c3c2=O)on1. The summed E-state index contributed by atoms with van der Waals surface area (Å²) in [5.41, 5.74) is 0.564. The number of nitrogens with zero attached hydrogens (tertiary/aromatic N) is 4. The van der Waals surface area contributed by atoms with Crippen LogP contribution >= 0.6 is 11.5 Å². The first-order valence-corrected chi connectivity index (χ1v) is 6.27. The predicted molar refractivity (Wildman–Crippen MR) is 68.6 cm³/mol. The van der Waals surface area contributed by atoms with E-state index in [0.717, 1.165) is 0 Å². The number of rotatable bonds is 3. The van der Waals surface area contributed by atoms with Crippen LogP contribution in [0.2, 0.25) is 0 Å². The van der Waals surface area contributed by atoms with Gasteiger partial charge >= 0.3 is 0 Å². The van der Waals surface area contributed by atoms with Crippen molar-refractivity contribution in [1.82, 2.24) is 19.1 Å². The van der Waals surface area contributed by atoms with Crippen LogP contribution in [0.15, 0.2) is 21.7 Å². The maximum atomic E-state index is 12.3. The Hall–Kier alpha value is -2.22. The van der Waals surface area contributed by atoms with Gasteiger partial charge in [-0.1, -0.05) is 0 Å². The summed E-state index contributed by atoms with van der Waals surface area (Å²) >= 11 is 1.22. The molecule has 0 N–H and O–H groups in total. The first-order valence-electron chi connectivity index (χ1n) is 5.50. The van der Waals surface area contributed by atoms with E-state index in [1.54, 1.807) is 13.0 Å². The quantitative estimate of drug-likeness (QED) is 0.716. The van der Waals surface area contributed by atoms with Gasteiger partial charge in [0.2, 0.25) is 0 Å². The zero-order valence-corrected chi connectivity index (χ0v) is 11.1. The lowest BCUT2D eigenvalue weighted by Crippen LogP contribution is -2.20. The maximum Gasteiger partial charge on any atom is 0.264 e. The maximum absolute atomic E-state index is 12.3. The Kier molecular flexibility index (Phi) is 2.79. The molecule has 0 radical (unpaired) electrons. The molecule has 0 aliphatic rings. The summed E-state index contributed by atoms with van der Waals surface area (Å²) in [5.74, 6) is 0.909. The normalized spacial score (nSPS) is 11.1. The highest BCUT2D eigenvalue weighted by molar-refractivity contribution is 7.12. The summed E-state index contributed by atoms with van der Waals surface area (Å²) in [6.45, 7) is 2.05. The molecule has 0 aliphatic carbocycles. The average Bonchev–Trinajstić information content (AvgIpc) is 3.00. The summed E-state index contributed by atoms with van der Waals surface area (Å²) in [6.07, 6.45) is 1.48. The lowest BCUT2D eigenvalue weighted by atomic mass is 10.3. The fraction of sp³-hybridized carbons (Fsp3) is 0.273. The van der Waals surface area contributed by atoms with Crippen molar-refractivity contribution in [3.8, 4) is 5.88 Å². The Bertz CT molecular complexity index is 789. The minimum Gasteiger partial charge on any atom is -0.479 e. The zero-order chi connectivity index (χ0) is 13.4. The molecule has 3 heterocycles. The number of fused-ring (bicyclic) bond motifs is 1. The highest BCUT2D eigenvalue weighted by Gasteiger charge is 2.12. The predicted octanol–water partition coefficient (Wildman–Crippen LogP) is 1.21. The van der Waals surface area contributed by atoms with Crippen molar-refractivity contribution in [3.05, 3.63) is 34.2 Å². The van der Waals surface area contributed by atoms with Crippen molar-refractivity contribution < 1.29 is 9.26 Å². The molecular weight excluding hydrogens is 268 g/mol. The molecule has 0 atom stereocenters. The molecule has 0 bridgehead atoms. The van der Waals surface area contributed by atoms with Crippen LogP contribution in [0, 0.1) is 6.92 Å². The van der Waals surface area contributed by atoms with E-state index in [2.05, 4.69) is 14.5 Å². The largest absolute Gasteiger partial charge is 0.479 e. The summed E-state index contributed by atoms with van der Waals surface area (Å²) in [7, 11) is 1.50. The molecule has 0 spiro atoms. The molecule has 0 aliphatic heterocycles. The van der Waals surface area contributed by atoms with Gasteiger partial charge in [-0.25, -0.2) is 4.98 Å². The van der Waals surface area contributed by atoms with Crippen molar-refractivity contribution in [2.75, 3.05) is 7.11 Å². The molecular formula is C11H10N4O3S. The van der Waals surface area contributed by atoms with Crippen molar-refractivity contribution in [2.45, 2.75) is 13.5 Å². The number of aryl methyl sites for hydroxylation is 1. The van der Waals surface area contributed by atoms with E-state index in [-0.39, 0.29) is 12.1 Å². The summed E-state index contributed by atoms with van der Waals surface area (Å²) in [4.78, 5) is 17.1. The van der Waals surface area contributed by atoms with Gasteiger partial charge in [0.25, 0.3) is 11.4 Å². The Labute approximate surface area is 111 Å². The molecule has 0 fully saturated rings. The summed E-state index contributed by atoms with van der Waals surface area (Å²) < 4.78 is 15.6. The summed E-state index contributed by atoms with van der Waals surface area (Å²) in [6, 6.07) is 1.63. The second kappa shape index (κ2) is 4.47. The Morgan fingerprint density at radius 1 is 1.53 bits per heavy atom. The Morgan fingerprint density at radius 2 is 2.37 bits per heavy atom.